The Bertz CT molecular complexity index is 291. The molecule has 5 heteroatoms. The van der Waals surface area contributed by atoms with Gasteiger partial charge in [0.05, 0.1) is 0 Å². The van der Waals surface area contributed by atoms with Crippen LogP contribution >= 0.6 is 0 Å². The molecule has 1 aliphatic rings. The molecule has 0 aromatic heterocycles. The summed E-state index contributed by atoms with van der Waals surface area (Å²) in [5.41, 5.74) is 4.95. The van der Waals surface area contributed by atoms with Gasteiger partial charge in [0.15, 0.2) is 0 Å². The first-order valence-electron chi connectivity index (χ1n) is 6.00. The molecule has 1 rings (SSSR count). The van der Waals surface area contributed by atoms with Crippen molar-refractivity contribution in [1.82, 2.24) is 5.32 Å². The molecule has 1 heterocycles. The Morgan fingerprint density at radius 3 is 2.24 bits per heavy atom. The van der Waals surface area contributed by atoms with Gasteiger partial charge in [-0.05, 0) is 18.3 Å². The van der Waals surface area contributed by atoms with Crippen molar-refractivity contribution in [2.75, 3.05) is 13.2 Å². The fraction of sp³-hybridized carbons (Fsp3) is 0.833. The van der Waals surface area contributed by atoms with Crippen LogP contribution < -0.4 is 11.1 Å². The summed E-state index contributed by atoms with van der Waals surface area (Å²) in [7, 11) is 0. The molecule has 0 spiro atoms. The Morgan fingerprint density at radius 1 is 1.29 bits per heavy atom. The van der Waals surface area contributed by atoms with Gasteiger partial charge in [0.1, 0.15) is 6.04 Å². The highest BCUT2D eigenvalue weighted by molar-refractivity contribution is 5.88. The van der Waals surface area contributed by atoms with E-state index in [0.717, 1.165) is 0 Å². The van der Waals surface area contributed by atoms with E-state index in [1.54, 1.807) is 0 Å². The lowest BCUT2D eigenvalue weighted by atomic mass is 9.85. The van der Waals surface area contributed by atoms with Gasteiger partial charge in [-0.3, -0.25) is 9.59 Å². The van der Waals surface area contributed by atoms with Gasteiger partial charge in [-0.15, -0.1) is 0 Å². The molecular weight excluding hydrogens is 220 g/mol. The average molecular weight is 242 g/mol. The molecule has 0 bridgehead atoms. The minimum Gasteiger partial charge on any atom is -0.381 e. The zero-order valence-corrected chi connectivity index (χ0v) is 10.8. The molecule has 1 aliphatic heterocycles. The standard InChI is InChI=1S/C12H22N2O3/c1-12(2,3)9(10(13)15)14-11(16)8-4-6-17-7-5-8/h8-9H,4-7H2,1-3H3,(H2,13,15)(H,14,16). The Kier molecular flexibility index (Phi) is 4.51. The molecule has 0 aromatic carbocycles. The van der Waals surface area contributed by atoms with Crippen molar-refractivity contribution in [3.05, 3.63) is 0 Å². The minimum absolute atomic E-state index is 0.0621. The highest BCUT2D eigenvalue weighted by Crippen LogP contribution is 2.21. The van der Waals surface area contributed by atoms with Crippen molar-refractivity contribution in [3.8, 4) is 0 Å². The maximum atomic E-state index is 12.0. The quantitative estimate of drug-likeness (QED) is 0.753. The molecule has 5 nitrogen and oxygen atoms in total. The van der Waals surface area contributed by atoms with Gasteiger partial charge in [0.2, 0.25) is 11.8 Å². The average Bonchev–Trinajstić information content (AvgIpc) is 2.24. The smallest absolute Gasteiger partial charge is 0.240 e. The summed E-state index contributed by atoms with van der Waals surface area (Å²) in [6.07, 6.45) is 1.42. The largest absolute Gasteiger partial charge is 0.381 e. The predicted molar refractivity (Wildman–Crippen MR) is 64.1 cm³/mol. The van der Waals surface area contributed by atoms with E-state index in [-0.39, 0.29) is 17.2 Å². The molecular formula is C12H22N2O3. The zero-order chi connectivity index (χ0) is 13.1. The molecule has 0 radical (unpaired) electrons. The lowest BCUT2D eigenvalue weighted by molar-refractivity contribution is -0.134. The van der Waals surface area contributed by atoms with Gasteiger partial charge < -0.3 is 15.8 Å². The van der Waals surface area contributed by atoms with Crippen LogP contribution in [0.3, 0.4) is 0 Å². The van der Waals surface area contributed by atoms with E-state index in [4.69, 9.17) is 10.5 Å². The van der Waals surface area contributed by atoms with E-state index in [1.807, 2.05) is 20.8 Å². The van der Waals surface area contributed by atoms with Crippen molar-refractivity contribution in [2.45, 2.75) is 39.7 Å². The van der Waals surface area contributed by atoms with Crippen molar-refractivity contribution in [1.29, 1.82) is 0 Å². The van der Waals surface area contributed by atoms with Gasteiger partial charge in [0.25, 0.3) is 0 Å². The summed E-state index contributed by atoms with van der Waals surface area (Å²) >= 11 is 0. The first-order valence-corrected chi connectivity index (χ1v) is 6.00. The molecule has 2 amide bonds. The van der Waals surface area contributed by atoms with Crippen LogP contribution in [-0.2, 0) is 14.3 Å². The van der Waals surface area contributed by atoms with Crippen molar-refractivity contribution < 1.29 is 14.3 Å². The predicted octanol–water partition coefficient (Wildman–Crippen LogP) is 0.429. The Morgan fingerprint density at radius 2 is 1.82 bits per heavy atom. The van der Waals surface area contributed by atoms with E-state index < -0.39 is 11.9 Å². The van der Waals surface area contributed by atoms with E-state index in [2.05, 4.69) is 5.32 Å². The molecule has 0 saturated carbocycles. The Labute approximate surface area is 102 Å². The van der Waals surface area contributed by atoms with Gasteiger partial charge in [-0.1, -0.05) is 20.8 Å². The van der Waals surface area contributed by atoms with Crippen LogP contribution in [0.15, 0.2) is 0 Å². The first kappa shape index (κ1) is 14.0. The molecule has 98 valence electrons. The summed E-state index contributed by atoms with van der Waals surface area (Å²) in [5, 5.41) is 2.76. The summed E-state index contributed by atoms with van der Waals surface area (Å²) < 4.78 is 5.20. The summed E-state index contributed by atoms with van der Waals surface area (Å²) in [5.74, 6) is -0.641. The van der Waals surface area contributed by atoms with Crippen LogP contribution in [-0.4, -0.2) is 31.1 Å². The number of carbonyl (C=O) groups is 2. The highest BCUT2D eigenvalue weighted by atomic mass is 16.5. The molecule has 17 heavy (non-hydrogen) atoms. The second-order valence-corrected chi connectivity index (χ2v) is 5.60. The second kappa shape index (κ2) is 5.49. The lowest BCUT2D eigenvalue weighted by Gasteiger charge is -2.31. The third-order valence-electron chi connectivity index (χ3n) is 3.03. The number of nitrogens with two attached hydrogens (primary N) is 1. The topological polar surface area (TPSA) is 81.4 Å². The molecule has 0 aromatic rings. The molecule has 1 unspecified atom stereocenters. The number of amides is 2. The zero-order valence-electron chi connectivity index (χ0n) is 10.8. The normalized spacial score (nSPS) is 19.7. The van der Waals surface area contributed by atoms with Gasteiger partial charge in [-0.2, -0.15) is 0 Å². The lowest BCUT2D eigenvalue weighted by Crippen LogP contribution is -2.53. The highest BCUT2D eigenvalue weighted by Gasteiger charge is 2.33. The van der Waals surface area contributed by atoms with E-state index in [0.29, 0.717) is 26.1 Å². The number of nitrogens with one attached hydrogen (secondary N) is 1. The van der Waals surface area contributed by atoms with E-state index in [9.17, 15) is 9.59 Å². The van der Waals surface area contributed by atoms with E-state index >= 15 is 0 Å². The summed E-state index contributed by atoms with van der Waals surface area (Å²) in [6, 6.07) is -0.627. The fourth-order valence-corrected chi connectivity index (χ4v) is 1.93. The van der Waals surface area contributed by atoms with Crippen LogP contribution in [0.5, 0.6) is 0 Å². The maximum Gasteiger partial charge on any atom is 0.240 e. The maximum absolute atomic E-state index is 12.0. The van der Waals surface area contributed by atoms with Crippen molar-refractivity contribution in [2.24, 2.45) is 17.1 Å². The fourth-order valence-electron chi connectivity index (χ4n) is 1.93. The van der Waals surface area contributed by atoms with Crippen LogP contribution in [0, 0.1) is 11.3 Å². The number of ether oxygens (including phenoxy) is 1. The number of rotatable bonds is 3. The number of primary amides is 1. The van der Waals surface area contributed by atoms with Crippen LogP contribution in [0.25, 0.3) is 0 Å². The monoisotopic (exact) mass is 242 g/mol. The summed E-state index contributed by atoms with van der Waals surface area (Å²) in [6.45, 7) is 6.86. The SMILES string of the molecule is CC(C)(C)C(NC(=O)C1CCOCC1)C(N)=O. The number of hydrogen-bond donors (Lipinski definition) is 2. The molecule has 1 fully saturated rings. The van der Waals surface area contributed by atoms with Crippen LogP contribution in [0.1, 0.15) is 33.6 Å². The Hall–Kier alpha value is -1.10. The minimum atomic E-state index is -0.627. The van der Waals surface area contributed by atoms with Gasteiger partial charge >= 0.3 is 0 Å². The third-order valence-corrected chi connectivity index (χ3v) is 3.03. The van der Waals surface area contributed by atoms with Gasteiger partial charge in [0, 0.05) is 19.1 Å². The number of hydrogen-bond acceptors (Lipinski definition) is 3. The summed E-state index contributed by atoms with van der Waals surface area (Å²) in [4.78, 5) is 23.3. The van der Waals surface area contributed by atoms with E-state index in [1.165, 1.54) is 0 Å². The molecule has 1 atom stereocenters. The second-order valence-electron chi connectivity index (χ2n) is 5.60. The molecule has 0 aliphatic carbocycles. The molecule has 1 saturated heterocycles. The number of carbonyl (C=O) groups excluding carboxylic acids is 2. The Balaban J connectivity index is 2.60. The van der Waals surface area contributed by atoms with Crippen molar-refractivity contribution >= 4 is 11.8 Å². The van der Waals surface area contributed by atoms with Crippen LogP contribution in [0.2, 0.25) is 0 Å². The third kappa shape index (κ3) is 4.00. The van der Waals surface area contributed by atoms with Gasteiger partial charge in [-0.25, -0.2) is 0 Å². The first-order chi connectivity index (χ1) is 7.82. The van der Waals surface area contributed by atoms with Crippen LogP contribution in [0.4, 0.5) is 0 Å². The van der Waals surface area contributed by atoms with Crippen molar-refractivity contribution in [3.63, 3.8) is 0 Å². The molecule has 3 N–H and O–H groups in total.